The van der Waals surface area contributed by atoms with Crippen molar-refractivity contribution < 1.29 is 5.11 Å². The summed E-state index contributed by atoms with van der Waals surface area (Å²) >= 11 is 3.38. The van der Waals surface area contributed by atoms with Gasteiger partial charge in [-0.15, -0.1) is 0 Å². The minimum absolute atomic E-state index is 0.192. The van der Waals surface area contributed by atoms with Crippen molar-refractivity contribution in [2.75, 3.05) is 0 Å². The topological polar surface area (TPSA) is 33.1 Å². The maximum Gasteiger partial charge on any atom is 0.0623 e. The first kappa shape index (κ1) is 10.1. The van der Waals surface area contributed by atoms with E-state index in [-0.39, 0.29) is 6.10 Å². The number of rotatable bonds is 3. The highest BCUT2D eigenvalue weighted by Gasteiger charge is 2.30. The zero-order valence-electron chi connectivity index (χ0n) is 8.20. The molecule has 1 unspecified atom stereocenters. The van der Waals surface area contributed by atoms with E-state index in [4.69, 9.17) is 0 Å². The predicted molar refractivity (Wildman–Crippen MR) is 59.1 cm³/mol. The van der Waals surface area contributed by atoms with Gasteiger partial charge in [-0.1, -0.05) is 0 Å². The maximum atomic E-state index is 9.78. The molecule has 3 heteroatoms. The first-order chi connectivity index (χ1) is 6.66. The smallest absolute Gasteiger partial charge is 0.0623 e. The number of aliphatic hydroxyl groups excluding tert-OH is 1. The third-order valence-electron chi connectivity index (χ3n) is 2.72. The molecule has 1 aliphatic carbocycles. The standard InChI is InChI=1S/C11H14BrNO/c1-7-4-9(12)6-13-10(7)5-11(14)8-2-3-8/h4,6,8,11,14H,2-3,5H2,1H3. The third-order valence-corrected chi connectivity index (χ3v) is 3.16. The second-order valence-corrected chi connectivity index (χ2v) is 4.94. The number of nitrogens with zero attached hydrogens (tertiary/aromatic N) is 1. The lowest BCUT2D eigenvalue weighted by Gasteiger charge is -2.10. The molecule has 14 heavy (non-hydrogen) atoms. The summed E-state index contributed by atoms with van der Waals surface area (Å²) in [6, 6.07) is 2.04. The Labute approximate surface area is 92.5 Å². The molecule has 0 aliphatic heterocycles. The van der Waals surface area contributed by atoms with Crippen LogP contribution in [0.2, 0.25) is 0 Å². The van der Waals surface area contributed by atoms with E-state index in [2.05, 4.69) is 20.9 Å². The summed E-state index contributed by atoms with van der Waals surface area (Å²) in [5.74, 6) is 0.528. The van der Waals surface area contributed by atoms with Gasteiger partial charge in [0.15, 0.2) is 0 Å². The van der Waals surface area contributed by atoms with Crippen LogP contribution in [-0.4, -0.2) is 16.2 Å². The molecule has 2 nitrogen and oxygen atoms in total. The van der Waals surface area contributed by atoms with Crippen LogP contribution >= 0.6 is 15.9 Å². The monoisotopic (exact) mass is 255 g/mol. The molecule has 1 heterocycles. The van der Waals surface area contributed by atoms with Crippen LogP contribution in [0, 0.1) is 12.8 Å². The van der Waals surface area contributed by atoms with Crippen LogP contribution in [0.25, 0.3) is 0 Å². The lowest BCUT2D eigenvalue weighted by molar-refractivity contribution is 0.150. The Morgan fingerprint density at radius 1 is 1.64 bits per heavy atom. The molecule has 0 saturated heterocycles. The van der Waals surface area contributed by atoms with E-state index in [0.29, 0.717) is 12.3 Å². The van der Waals surface area contributed by atoms with Crippen LogP contribution < -0.4 is 0 Å². The van der Waals surface area contributed by atoms with Crippen molar-refractivity contribution in [3.05, 3.63) is 28.0 Å². The summed E-state index contributed by atoms with van der Waals surface area (Å²) in [5.41, 5.74) is 2.17. The van der Waals surface area contributed by atoms with E-state index >= 15 is 0 Å². The third kappa shape index (κ3) is 2.34. The molecule has 1 atom stereocenters. The van der Waals surface area contributed by atoms with Gasteiger partial charge in [0.05, 0.1) is 6.10 Å². The van der Waals surface area contributed by atoms with Crippen LogP contribution in [0.3, 0.4) is 0 Å². The summed E-state index contributed by atoms with van der Waals surface area (Å²) in [5, 5.41) is 9.78. The number of aliphatic hydroxyl groups is 1. The molecule has 1 aromatic heterocycles. The van der Waals surface area contributed by atoms with Crippen molar-refractivity contribution in [2.45, 2.75) is 32.3 Å². The normalized spacial score (nSPS) is 18.2. The van der Waals surface area contributed by atoms with E-state index in [1.54, 1.807) is 6.20 Å². The fraction of sp³-hybridized carbons (Fsp3) is 0.545. The number of hydrogen-bond donors (Lipinski definition) is 1. The Bertz CT molecular complexity index is 336. The number of aryl methyl sites for hydroxylation is 1. The van der Waals surface area contributed by atoms with Gasteiger partial charge in [-0.3, -0.25) is 4.98 Å². The summed E-state index contributed by atoms with van der Waals surface area (Å²) in [7, 11) is 0. The maximum absolute atomic E-state index is 9.78. The average molecular weight is 256 g/mol. The van der Waals surface area contributed by atoms with E-state index in [1.165, 1.54) is 12.8 Å². The molecule has 0 bridgehead atoms. The largest absolute Gasteiger partial charge is 0.392 e. The average Bonchev–Trinajstić information content (AvgIpc) is 2.92. The molecule has 1 aliphatic rings. The van der Waals surface area contributed by atoms with Gasteiger partial charge in [0.1, 0.15) is 0 Å². The van der Waals surface area contributed by atoms with E-state index in [0.717, 1.165) is 15.7 Å². The lowest BCUT2D eigenvalue weighted by Crippen LogP contribution is -2.14. The molecular weight excluding hydrogens is 242 g/mol. The molecule has 0 spiro atoms. The fourth-order valence-electron chi connectivity index (χ4n) is 1.63. The summed E-state index contributed by atoms with van der Waals surface area (Å²) in [4.78, 5) is 4.32. The molecular formula is C11H14BrNO. The van der Waals surface area contributed by atoms with Crippen molar-refractivity contribution in [1.29, 1.82) is 0 Å². The molecule has 1 fully saturated rings. The van der Waals surface area contributed by atoms with Crippen LogP contribution in [0.1, 0.15) is 24.1 Å². The predicted octanol–water partition coefficient (Wildman–Crippen LogP) is 2.47. The van der Waals surface area contributed by atoms with Crippen molar-refractivity contribution in [3.8, 4) is 0 Å². The van der Waals surface area contributed by atoms with Gasteiger partial charge in [-0.25, -0.2) is 0 Å². The highest BCUT2D eigenvalue weighted by Crippen LogP contribution is 2.34. The molecule has 1 saturated carbocycles. The molecule has 1 N–H and O–H groups in total. The lowest BCUT2D eigenvalue weighted by atomic mass is 10.1. The molecule has 0 radical (unpaired) electrons. The number of hydrogen-bond acceptors (Lipinski definition) is 2. The van der Waals surface area contributed by atoms with Gasteiger partial charge >= 0.3 is 0 Å². The SMILES string of the molecule is Cc1cc(Br)cnc1CC(O)C1CC1. The molecule has 2 rings (SSSR count). The van der Waals surface area contributed by atoms with Crippen LogP contribution in [0.5, 0.6) is 0 Å². The first-order valence-electron chi connectivity index (χ1n) is 4.96. The van der Waals surface area contributed by atoms with E-state index in [9.17, 15) is 5.11 Å². The van der Waals surface area contributed by atoms with Gasteiger partial charge in [-0.2, -0.15) is 0 Å². The Hall–Kier alpha value is -0.410. The van der Waals surface area contributed by atoms with Crippen LogP contribution in [0.4, 0.5) is 0 Å². The highest BCUT2D eigenvalue weighted by atomic mass is 79.9. The van der Waals surface area contributed by atoms with Gasteiger partial charge in [0.2, 0.25) is 0 Å². The number of aromatic nitrogens is 1. The van der Waals surface area contributed by atoms with Crippen molar-refractivity contribution in [3.63, 3.8) is 0 Å². The minimum atomic E-state index is -0.192. The van der Waals surface area contributed by atoms with Gasteiger partial charge in [-0.05, 0) is 53.2 Å². The molecule has 1 aromatic rings. The molecule has 76 valence electrons. The first-order valence-corrected chi connectivity index (χ1v) is 5.75. The van der Waals surface area contributed by atoms with Crippen LogP contribution in [0.15, 0.2) is 16.7 Å². The molecule has 0 aromatic carbocycles. The Balaban J connectivity index is 2.07. The van der Waals surface area contributed by atoms with Gasteiger partial charge < -0.3 is 5.11 Å². The van der Waals surface area contributed by atoms with Gasteiger partial charge in [0.25, 0.3) is 0 Å². The number of pyridine rings is 1. The van der Waals surface area contributed by atoms with Crippen molar-refractivity contribution >= 4 is 15.9 Å². The number of halogens is 1. The summed E-state index contributed by atoms with van der Waals surface area (Å²) in [6.07, 6.45) is 4.65. The van der Waals surface area contributed by atoms with Crippen LogP contribution in [-0.2, 0) is 6.42 Å². The minimum Gasteiger partial charge on any atom is -0.392 e. The van der Waals surface area contributed by atoms with E-state index in [1.807, 2.05) is 13.0 Å². The Morgan fingerprint density at radius 2 is 2.36 bits per heavy atom. The molecule has 0 amide bonds. The van der Waals surface area contributed by atoms with Gasteiger partial charge in [0, 0.05) is 22.8 Å². The highest BCUT2D eigenvalue weighted by molar-refractivity contribution is 9.10. The van der Waals surface area contributed by atoms with Crippen molar-refractivity contribution in [2.24, 2.45) is 5.92 Å². The summed E-state index contributed by atoms with van der Waals surface area (Å²) in [6.45, 7) is 2.03. The Morgan fingerprint density at radius 3 is 2.93 bits per heavy atom. The zero-order chi connectivity index (χ0) is 10.1. The zero-order valence-corrected chi connectivity index (χ0v) is 9.79. The van der Waals surface area contributed by atoms with Crippen molar-refractivity contribution in [1.82, 2.24) is 4.98 Å². The fourth-order valence-corrected chi connectivity index (χ4v) is 2.07. The van der Waals surface area contributed by atoms with E-state index < -0.39 is 0 Å². The second-order valence-electron chi connectivity index (χ2n) is 4.03. The second kappa shape index (κ2) is 3.99. The quantitative estimate of drug-likeness (QED) is 0.901. The Kier molecular flexibility index (Phi) is 2.88. The summed E-state index contributed by atoms with van der Waals surface area (Å²) < 4.78 is 1.000.